The van der Waals surface area contributed by atoms with E-state index in [1.54, 1.807) is 11.0 Å². The average molecular weight is 334 g/mol. The molecular weight excluding hydrogens is 312 g/mol. The molecule has 1 aliphatic carbocycles. The molecule has 2 aromatic carbocycles. The molecule has 2 unspecified atom stereocenters. The lowest BCUT2D eigenvalue weighted by Gasteiger charge is -2.23. The third kappa shape index (κ3) is 4.15. The molecular formula is C21H22N2O2. The van der Waals surface area contributed by atoms with Gasteiger partial charge in [-0.2, -0.15) is 0 Å². The van der Waals surface area contributed by atoms with Gasteiger partial charge >= 0.3 is 0 Å². The fraction of sp³-hybridized carbons (Fsp3) is 0.238. The maximum atomic E-state index is 13.0. The summed E-state index contributed by atoms with van der Waals surface area (Å²) in [6, 6.07) is 19.5. The van der Waals surface area contributed by atoms with Crippen LogP contribution in [0.15, 0.2) is 73.3 Å². The molecule has 3 rings (SSSR count). The number of carbonyl (C=O) groups is 2. The highest BCUT2D eigenvalue weighted by atomic mass is 16.2. The van der Waals surface area contributed by atoms with Crippen LogP contribution in [0.25, 0.3) is 0 Å². The highest BCUT2D eigenvalue weighted by Gasteiger charge is 2.49. The Labute approximate surface area is 148 Å². The van der Waals surface area contributed by atoms with Crippen molar-refractivity contribution in [1.82, 2.24) is 5.32 Å². The van der Waals surface area contributed by atoms with E-state index in [0.29, 0.717) is 19.5 Å². The van der Waals surface area contributed by atoms with Crippen molar-refractivity contribution in [2.75, 3.05) is 11.4 Å². The van der Waals surface area contributed by atoms with Gasteiger partial charge in [-0.25, -0.2) is 0 Å². The molecule has 0 aliphatic heterocycles. The van der Waals surface area contributed by atoms with E-state index in [-0.39, 0.29) is 23.7 Å². The third-order valence-corrected chi connectivity index (χ3v) is 4.38. The standard InChI is InChI=1S/C21H22N2O2/c1-2-13-22-20(24)18-14-19(18)21(25)23(17-11-7-4-8-12-17)15-16-9-5-3-6-10-16/h2-12,18-19H,1,13-15H2,(H,22,24). The Bertz CT molecular complexity index is 743. The lowest BCUT2D eigenvalue weighted by atomic mass is 10.1. The first-order valence-electron chi connectivity index (χ1n) is 8.49. The Balaban J connectivity index is 1.75. The van der Waals surface area contributed by atoms with Crippen LogP contribution in [0.4, 0.5) is 5.69 Å². The Morgan fingerprint density at radius 1 is 1.04 bits per heavy atom. The summed E-state index contributed by atoms with van der Waals surface area (Å²) in [4.78, 5) is 26.9. The van der Waals surface area contributed by atoms with Crippen molar-refractivity contribution in [2.24, 2.45) is 11.8 Å². The predicted molar refractivity (Wildman–Crippen MR) is 98.9 cm³/mol. The molecule has 0 saturated heterocycles. The second kappa shape index (κ2) is 7.79. The van der Waals surface area contributed by atoms with Crippen molar-refractivity contribution in [1.29, 1.82) is 0 Å². The van der Waals surface area contributed by atoms with Gasteiger partial charge in [-0.05, 0) is 24.1 Å². The molecule has 4 heteroatoms. The molecule has 1 N–H and O–H groups in total. The number of para-hydroxylation sites is 1. The first kappa shape index (κ1) is 17.0. The molecule has 2 amide bonds. The number of nitrogens with one attached hydrogen (secondary N) is 1. The van der Waals surface area contributed by atoms with Crippen LogP contribution in [0.2, 0.25) is 0 Å². The molecule has 2 atom stereocenters. The largest absolute Gasteiger partial charge is 0.352 e. The van der Waals surface area contributed by atoms with Gasteiger partial charge in [0.25, 0.3) is 0 Å². The normalized spacial score (nSPS) is 18.2. The van der Waals surface area contributed by atoms with Gasteiger partial charge in [-0.15, -0.1) is 6.58 Å². The van der Waals surface area contributed by atoms with Crippen LogP contribution < -0.4 is 10.2 Å². The topological polar surface area (TPSA) is 49.4 Å². The Kier molecular flexibility index (Phi) is 5.29. The molecule has 0 aromatic heterocycles. The van der Waals surface area contributed by atoms with Crippen LogP contribution in [0.1, 0.15) is 12.0 Å². The first-order chi connectivity index (χ1) is 12.2. The van der Waals surface area contributed by atoms with Crippen LogP contribution in [0, 0.1) is 11.8 Å². The Morgan fingerprint density at radius 2 is 1.68 bits per heavy atom. The van der Waals surface area contributed by atoms with Gasteiger partial charge in [0.15, 0.2) is 0 Å². The number of anilines is 1. The summed E-state index contributed by atoms with van der Waals surface area (Å²) in [5, 5.41) is 2.78. The van der Waals surface area contributed by atoms with Crippen LogP contribution in [0.3, 0.4) is 0 Å². The molecule has 0 bridgehead atoms. The van der Waals surface area contributed by atoms with E-state index < -0.39 is 0 Å². The molecule has 1 aliphatic rings. The quantitative estimate of drug-likeness (QED) is 0.791. The Morgan fingerprint density at radius 3 is 2.32 bits per heavy atom. The SMILES string of the molecule is C=CCNC(=O)C1CC1C(=O)N(Cc1ccccc1)c1ccccc1. The van der Waals surface area contributed by atoms with Crippen molar-refractivity contribution < 1.29 is 9.59 Å². The van der Waals surface area contributed by atoms with Crippen molar-refractivity contribution in [3.05, 3.63) is 78.9 Å². The van der Waals surface area contributed by atoms with E-state index in [0.717, 1.165) is 11.3 Å². The van der Waals surface area contributed by atoms with Crippen molar-refractivity contribution >= 4 is 17.5 Å². The molecule has 0 radical (unpaired) electrons. The maximum Gasteiger partial charge on any atom is 0.231 e. The summed E-state index contributed by atoms with van der Waals surface area (Å²) >= 11 is 0. The summed E-state index contributed by atoms with van der Waals surface area (Å²) in [6.45, 7) is 4.53. The summed E-state index contributed by atoms with van der Waals surface area (Å²) in [5.74, 6) is -0.525. The number of hydrogen-bond donors (Lipinski definition) is 1. The minimum absolute atomic E-state index is 0.00815. The highest BCUT2D eigenvalue weighted by Crippen LogP contribution is 2.41. The van der Waals surface area contributed by atoms with Gasteiger partial charge in [-0.1, -0.05) is 54.6 Å². The van der Waals surface area contributed by atoms with Gasteiger partial charge in [0.1, 0.15) is 0 Å². The maximum absolute atomic E-state index is 13.0. The molecule has 128 valence electrons. The lowest BCUT2D eigenvalue weighted by Crippen LogP contribution is -2.34. The predicted octanol–water partition coefficient (Wildman–Crippen LogP) is 3.16. The zero-order valence-electron chi connectivity index (χ0n) is 14.1. The zero-order valence-corrected chi connectivity index (χ0v) is 14.1. The van der Waals surface area contributed by atoms with E-state index in [1.807, 2.05) is 60.7 Å². The van der Waals surface area contributed by atoms with Crippen LogP contribution in [-0.4, -0.2) is 18.4 Å². The van der Waals surface area contributed by atoms with E-state index >= 15 is 0 Å². The summed E-state index contributed by atoms with van der Waals surface area (Å²) in [7, 11) is 0. The Hall–Kier alpha value is -2.88. The number of carbonyl (C=O) groups excluding carboxylic acids is 2. The van der Waals surface area contributed by atoms with Crippen LogP contribution in [-0.2, 0) is 16.1 Å². The van der Waals surface area contributed by atoms with Gasteiger partial charge in [0.2, 0.25) is 11.8 Å². The third-order valence-electron chi connectivity index (χ3n) is 4.38. The second-order valence-electron chi connectivity index (χ2n) is 6.23. The average Bonchev–Trinajstić information content (AvgIpc) is 3.46. The molecule has 2 aromatic rings. The molecule has 0 heterocycles. The number of rotatable bonds is 7. The summed E-state index contributed by atoms with van der Waals surface area (Å²) in [5.41, 5.74) is 1.92. The monoisotopic (exact) mass is 334 g/mol. The van der Waals surface area contributed by atoms with Crippen molar-refractivity contribution in [2.45, 2.75) is 13.0 Å². The number of amides is 2. The van der Waals surface area contributed by atoms with Gasteiger partial charge < -0.3 is 10.2 Å². The molecule has 4 nitrogen and oxygen atoms in total. The number of nitrogens with zero attached hydrogens (tertiary/aromatic N) is 1. The van der Waals surface area contributed by atoms with Crippen molar-refractivity contribution in [3.8, 4) is 0 Å². The summed E-state index contributed by atoms with van der Waals surface area (Å²) < 4.78 is 0. The van der Waals surface area contributed by atoms with Crippen LogP contribution in [0.5, 0.6) is 0 Å². The fourth-order valence-electron chi connectivity index (χ4n) is 2.93. The highest BCUT2D eigenvalue weighted by molar-refractivity contribution is 6.01. The van der Waals surface area contributed by atoms with Gasteiger partial charge in [0.05, 0.1) is 18.4 Å². The number of hydrogen-bond acceptors (Lipinski definition) is 2. The number of benzene rings is 2. The molecule has 1 saturated carbocycles. The lowest BCUT2D eigenvalue weighted by molar-refractivity contribution is -0.126. The molecule has 25 heavy (non-hydrogen) atoms. The van der Waals surface area contributed by atoms with Gasteiger partial charge in [0, 0.05) is 12.2 Å². The molecule has 1 fully saturated rings. The second-order valence-corrected chi connectivity index (χ2v) is 6.23. The van der Waals surface area contributed by atoms with E-state index in [9.17, 15) is 9.59 Å². The minimum Gasteiger partial charge on any atom is -0.352 e. The summed E-state index contributed by atoms with van der Waals surface area (Å²) in [6.07, 6.45) is 2.25. The van der Waals surface area contributed by atoms with Crippen molar-refractivity contribution in [3.63, 3.8) is 0 Å². The smallest absolute Gasteiger partial charge is 0.231 e. The minimum atomic E-state index is -0.242. The van der Waals surface area contributed by atoms with Crippen LogP contribution >= 0.6 is 0 Å². The van der Waals surface area contributed by atoms with E-state index in [2.05, 4.69) is 11.9 Å². The van der Waals surface area contributed by atoms with Gasteiger partial charge in [-0.3, -0.25) is 9.59 Å². The van der Waals surface area contributed by atoms with E-state index in [1.165, 1.54) is 0 Å². The van der Waals surface area contributed by atoms with E-state index in [4.69, 9.17) is 0 Å². The first-order valence-corrected chi connectivity index (χ1v) is 8.49. The fourth-order valence-corrected chi connectivity index (χ4v) is 2.93. The molecule has 0 spiro atoms. The zero-order chi connectivity index (χ0) is 17.6.